The summed E-state index contributed by atoms with van der Waals surface area (Å²) in [5.41, 5.74) is 2.45. The van der Waals surface area contributed by atoms with Crippen molar-refractivity contribution in [1.82, 2.24) is 4.90 Å². The fourth-order valence-corrected chi connectivity index (χ4v) is 3.50. The van der Waals surface area contributed by atoms with Gasteiger partial charge in [-0.3, -0.25) is 9.59 Å². The van der Waals surface area contributed by atoms with E-state index in [0.29, 0.717) is 17.0 Å². The molecule has 2 aromatic rings. The number of aryl methyl sites for hydroxylation is 1. The van der Waals surface area contributed by atoms with Crippen molar-refractivity contribution in [1.29, 1.82) is 0 Å². The number of benzene rings is 2. The minimum Gasteiger partial charge on any atom is -0.483 e. The monoisotopic (exact) mass is 460 g/mol. The Hall–Kier alpha value is -2.34. The summed E-state index contributed by atoms with van der Waals surface area (Å²) >= 11 is 3.47. The number of carbonyl (C=O) groups is 2. The molecule has 1 N–H and O–H groups in total. The van der Waals surface area contributed by atoms with Gasteiger partial charge in [-0.1, -0.05) is 26.8 Å². The number of halogens is 1. The second-order valence-corrected chi connectivity index (χ2v) is 7.68. The summed E-state index contributed by atoms with van der Waals surface area (Å²) in [6.45, 7) is 7.61. The fourth-order valence-electron chi connectivity index (χ4n) is 2.96. The van der Waals surface area contributed by atoms with Crippen molar-refractivity contribution < 1.29 is 14.3 Å². The Labute approximate surface area is 181 Å². The van der Waals surface area contributed by atoms with Crippen LogP contribution < -0.4 is 10.1 Å². The second-order valence-electron chi connectivity index (χ2n) is 6.82. The van der Waals surface area contributed by atoms with Crippen LogP contribution in [0.5, 0.6) is 5.75 Å². The lowest BCUT2D eigenvalue weighted by atomic mass is 10.1. The van der Waals surface area contributed by atoms with Crippen molar-refractivity contribution in [2.24, 2.45) is 0 Å². The Morgan fingerprint density at radius 3 is 2.21 bits per heavy atom. The van der Waals surface area contributed by atoms with Crippen LogP contribution in [-0.2, 0) is 11.2 Å². The van der Waals surface area contributed by atoms with Crippen molar-refractivity contribution in [3.8, 4) is 5.75 Å². The summed E-state index contributed by atoms with van der Waals surface area (Å²) in [6.07, 6.45) is 2.79. The Morgan fingerprint density at radius 1 is 1.00 bits per heavy atom. The molecule has 6 heteroatoms. The normalized spacial score (nSPS) is 10.5. The molecule has 0 spiro atoms. The van der Waals surface area contributed by atoms with Gasteiger partial charge in [-0.2, -0.15) is 0 Å². The number of hydrogen-bond donors (Lipinski definition) is 1. The van der Waals surface area contributed by atoms with Gasteiger partial charge in [-0.05, 0) is 77.2 Å². The molecule has 2 aromatic carbocycles. The minimum absolute atomic E-state index is 0.0234. The van der Waals surface area contributed by atoms with E-state index in [4.69, 9.17) is 4.74 Å². The summed E-state index contributed by atoms with van der Waals surface area (Å²) in [4.78, 5) is 26.7. The predicted molar refractivity (Wildman–Crippen MR) is 121 cm³/mol. The van der Waals surface area contributed by atoms with Crippen LogP contribution in [0.2, 0.25) is 0 Å². The zero-order valence-electron chi connectivity index (χ0n) is 17.3. The lowest BCUT2D eigenvalue weighted by molar-refractivity contribution is -0.118. The number of rotatable bonds is 10. The fraction of sp³-hybridized carbons (Fsp3) is 0.391. The van der Waals surface area contributed by atoms with Crippen LogP contribution in [-0.4, -0.2) is 36.4 Å². The minimum atomic E-state index is -0.255. The number of nitrogens with one attached hydrogen (secondary N) is 1. The van der Waals surface area contributed by atoms with E-state index in [2.05, 4.69) is 42.0 Å². The van der Waals surface area contributed by atoms with Crippen LogP contribution in [0.15, 0.2) is 46.9 Å². The zero-order valence-corrected chi connectivity index (χ0v) is 18.9. The molecule has 0 atom stereocenters. The van der Waals surface area contributed by atoms with Crippen LogP contribution in [0.3, 0.4) is 0 Å². The largest absolute Gasteiger partial charge is 0.483 e. The smallest absolute Gasteiger partial charge is 0.262 e. The molecule has 0 unspecified atom stereocenters. The van der Waals surface area contributed by atoms with Crippen molar-refractivity contribution in [3.63, 3.8) is 0 Å². The van der Waals surface area contributed by atoms with Crippen LogP contribution in [0.1, 0.15) is 49.5 Å². The summed E-state index contributed by atoms with van der Waals surface area (Å²) in [7, 11) is 0. The van der Waals surface area contributed by atoms with Crippen LogP contribution in [0.25, 0.3) is 0 Å². The Balaban J connectivity index is 1.91. The van der Waals surface area contributed by atoms with E-state index >= 15 is 0 Å². The van der Waals surface area contributed by atoms with Crippen LogP contribution in [0, 0.1) is 0 Å². The molecule has 0 fully saturated rings. The van der Waals surface area contributed by atoms with Gasteiger partial charge in [-0.25, -0.2) is 0 Å². The number of ether oxygens (including phenoxy) is 1. The molecule has 0 radical (unpaired) electrons. The molecule has 29 heavy (non-hydrogen) atoms. The first kappa shape index (κ1) is 22.9. The molecule has 0 aliphatic carbocycles. The highest BCUT2D eigenvalue weighted by molar-refractivity contribution is 9.10. The molecule has 0 aromatic heterocycles. The van der Waals surface area contributed by atoms with E-state index in [1.165, 1.54) is 5.56 Å². The van der Waals surface area contributed by atoms with Crippen LogP contribution >= 0.6 is 15.9 Å². The van der Waals surface area contributed by atoms with Crippen LogP contribution in [0.4, 0.5) is 5.69 Å². The first-order chi connectivity index (χ1) is 14.0. The predicted octanol–water partition coefficient (Wildman–Crippen LogP) is 5.29. The van der Waals surface area contributed by atoms with E-state index < -0.39 is 0 Å². The highest BCUT2D eigenvalue weighted by Gasteiger charge is 2.14. The van der Waals surface area contributed by atoms with Gasteiger partial charge in [0.2, 0.25) is 0 Å². The SMILES string of the molecule is CCCN(CCC)C(=O)c1ccc(NC(=O)COc2ccc(CC)cc2Br)cc1. The van der Waals surface area contributed by atoms with Gasteiger partial charge in [0, 0.05) is 24.3 Å². The third kappa shape index (κ3) is 6.89. The Bertz CT molecular complexity index is 815. The third-order valence-electron chi connectivity index (χ3n) is 4.45. The van der Waals surface area contributed by atoms with Gasteiger partial charge in [0.15, 0.2) is 6.61 Å². The van der Waals surface area contributed by atoms with E-state index in [1.807, 2.05) is 23.1 Å². The Morgan fingerprint density at radius 2 is 1.66 bits per heavy atom. The van der Waals surface area contributed by atoms with Gasteiger partial charge in [0.1, 0.15) is 5.75 Å². The topological polar surface area (TPSA) is 58.6 Å². The number of anilines is 1. The highest BCUT2D eigenvalue weighted by Crippen LogP contribution is 2.26. The maximum Gasteiger partial charge on any atom is 0.262 e. The van der Waals surface area contributed by atoms with Gasteiger partial charge < -0.3 is 15.0 Å². The van der Waals surface area contributed by atoms with Gasteiger partial charge in [0.05, 0.1) is 4.47 Å². The summed E-state index contributed by atoms with van der Waals surface area (Å²) in [5.74, 6) is 0.398. The highest BCUT2D eigenvalue weighted by atomic mass is 79.9. The average Bonchev–Trinajstić information content (AvgIpc) is 2.72. The van der Waals surface area contributed by atoms with E-state index in [9.17, 15) is 9.59 Å². The second kappa shape index (κ2) is 11.6. The first-order valence-corrected chi connectivity index (χ1v) is 10.9. The lowest BCUT2D eigenvalue weighted by Gasteiger charge is -2.21. The van der Waals surface area contributed by atoms with Crippen molar-refractivity contribution >= 4 is 33.4 Å². The maximum atomic E-state index is 12.6. The third-order valence-corrected chi connectivity index (χ3v) is 5.07. The molecular weight excluding hydrogens is 432 g/mol. The molecule has 0 heterocycles. The molecule has 156 valence electrons. The molecule has 0 saturated carbocycles. The quantitative estimate of drug-likeness (QED) is 0.523. The standard InChI is InChI=1S/C23H29BrN2O3/c1-4-13-26(14-5-2)23(28)18-8-10-19(11-9-18)25-22(27)16-29-21-12-7-17(6-3)15-20(21)24/h7-12,15H,4-6,13-14,16H2,1-3H3,(H,25,27). The number of amides is 2. The van der Waals surface area contributed by atoms with E-state index in [1.54, 1.807) is 24.3 Å². The zero-order chi connectivity index (χ0) is 21.2. The molecule has 5 nitrogen and oxygen atoms in total. The number of nitrogens with zero attached hydrogens (tertiary/aromatic N) is 1. The molecule has 0 bridgehead atoms. The van der Waals surface area contributed by atoms with E-state index in [0.717, 1.165) is 36.8 Å². The summed E-state index contributed by atoms with van der Waals surface area (Å²) in [6, 6.07) is 12.8. The number of carbonyl (C=O) groups excluding carboxylic acids is 2. The first-order valence-electron chi connectivity index (χ1n) is 10.1. The van der Waals surface area contributed by atoms with Gasteiger partial charge in [0.25, 0.3) is 11.8 Å². The molecule has 2 rings (SSSR count). The van der Waals surface area contributed by atoms with E-state index in [-0.39, 0.29) is 18.4 Å². The van der Waals surface area contributed by atoms with Crippen molar-refractivity contribution in [3.05, 3.63) is 58.1 Å². The number of hydrogen-bond acceptors (Lipinski definition) is 3. The Kier molecular flexibility index (Phi) is 9.19. The average molecular weight is 461 g/mol. The lowest BCUT2D eigenvalue weighted by Crippen LogP contribution is -2.32. The molecule has 0 aliphatic rings. The molecular formula is C23H29BrN2O3. The summed E-state index contributed by atoms with van der Waals surface area (Å²) < 4.78 is 6.43. The van der Waals surface area contributed by atoms with Crippen molar-refractivity contribution in [2.45, 2.75) is 40.0 Å². The molecule has 2 amide bonds. The molecule has 0 aliphatic heterocycles. The van der Waals surface area contributed by atoms with Gasteiger partial charge in [-0.15, -0.1) is 0 Å². The van der Waals surface area contributed by atoms with Gasteiger partial charge >= 0.3 is 0 Å². The maximum absolute atomic E-state index is 12.6. The van der Waals surface area contributed by atoms with Crippen molar-refractivity contribution in [2.75, 3.05) is 25.0 Å². The summed E-state index contributed by atoms with van der Waals surface area (Å²) in [5, 5.41) is 2.80. The molecule has 0 saturated heterocycles.